The first-order valence-electron chi connectivity index (χ1n) is 16.4. The minimum Gasteiger partial charge on any atom is -0.508 e. The number of hydrogen-bond donors (Lipinski definition) is 2. The van der Waals surface area contributed by atoms with E-state index >= 15 is 0 Å². The molecule has 10 atom stereocenters. The average Bonchev–Trinajstić information content (AvgIpc) is 3.28. The van der Waals surface area contributed by atoms with Gasteiger partial charge in [0.25, 0.3) is 0 Å². The smallest absolute Gasteiger partial charge is 0.338 e. The molecule has 0 unspecified atom stereocenters. The van der Waals surface area contributed by atoms with E-state index in [1.54, 1.807) is 12.1 Å². The van der Waals surface area contributed by atoms with Gasteiger partial charge < -0.3 is 14.9 Å². The third kappa shape index (κ3) is 4.04. The van der Waals surface area contributed by atoms with Crippen molar-refractivity contribution < 1.29 is 24.5 Å². The Hall–Kier alpha value is -2.14. The molecule has 1 aromatic rings. The van der Waals surface area contributed by atoms with E-state index in [-0.39, 0.29) is 57.4 Å². The van der Waals surface area contributed by atoms with Crippen molar-refractivity contribution in [2.24, 2.45) is 56.7 Å². The zero-order chi connectivity index (χ0) is 30.5. The van der Waals surface area contributed by atoms with Crippen LogP contribution in [0.4, 0.5) is 0 Å². The predicted molar refractivity (Wildman–Crippen MR) is 164 cm³/mol. The molecule has 0 amide bonds. The van der Waals surface area contributed by atoms with Crippen molar-refractivity contribution in [2.75, 3.05) is 6.61 Å². The molecule has 2 N–H and O–H groups in total. The minimum atomic E-state index is -0.396. The fraction of sp³-hybridized carbons (Fsp3) is 0.730. The summed E-state index contributed by atoms with van der Waals surface area (Å²) in [5, 5.41) is 21.8. The predicted octanol–water partition coefficient (Wildman–Crippen LogP) is 7.75. The van der Waals surface area contributed by atoms with Crippen LogP contribution < -0.4 is 0 Å². The minimum absolute atomic E-state index is 0.00180. The van der Waals surface area contributed by atoms with Gasteiger partial charge in [-0.2, -0.15) is 0 Å². The van der Waals surface area contributed by atoms with Crippen molar-refractivity contribution in [2.45, 2.75) is 105 Å². The van der Waals surface area contributed by atoms with Crippen LogP contribution in [-0.4, -0.2) is 34.7 Å². The number of phenolic OH excluding ortho intramolecular Hbond substituents is 1. The van der Waals surface area contributed by atoms with E-state index < -0.39 is 5.97 Å². The van der Waals surface area contributed by atoms with E-state index in [4.69, 9.17) is 4.74 Å². The van der Waals surface area contributed by atoms with Crippen LogP contribution in [0.25, 0.3) is 0 Å². The van der Waals surface area contributed by atoms with Gasteiger partial charge in [-0.1, -0.05) is 48.1 Å². The molecule has 0 heterocycles. The highest BCUT2D eigenvalue weighted by atomic mass is 16.5. The largest absolute Gasteiger partial charge is 0.508 e. The molecule has 5 aliphatic rings. The maximum absolute atomic E-state index is 13.1. The summed E-state index contributed by atoms with van der Waals surface area (Å²) < 4.78 is 5.75. The van der Waals surface area contributed by atoms with Gasteiger partial charge in [0.15, 0.2) is 0 Å². The molecule has 5 fully saturated rings. The molecule has 0 aromatic heterocycles. The van der Waals surface area contributed by atoms with Gasteiger partial charge >= 0.3 is 5.97 Å². The van der Waals surface area contributed by atoms with Gasteiger partial charge in [0, 0.05) is 11.8 Å². The first-order valence-corrected chi connectivity index (χ1v) is 16.4. The van der Waals surface area contributed by atoms with Crippen molar-refractivity contribution in [1.82, 2.24) is 0 Å². The Balaban J connectivity index is 1.28. The molecule has 0 spiro atoms. The lowest BCUT2D eigenvalue weighted by molar-refractivity contribution is -0.264. The standard InChI is InChI=1S/C37H52O5/c1-22(21-42-32(41)23-8-10-24(38)11-9-23)25-12-15-34(4)18-19-36(6)26(30(25)34)20-27(39)31-35(5)16-14-29(40)33(2,3)28(35)13-17-37(31,36)7/h8-11,25-28,30-31,38-39H,1,12-21H2,2-7H3/t25-,26+,27+,28-,30+,31+,34+,35-,36+,37+/m0/s1. The topological polar surface area (TPSA) is 83.8 Å². The summed E-state index contributed by atoms with van der Waals surface area (Å²) in [7, 11) is 0. The highest BCUT2D eigenvalue weighted by molar-refractivity contribution is 5.89. The molecule has 5 saturated carbocycles. The number of ketones is 1. The molecular formula is C37H52O5. The molecule has 0 saturated heterocycles. The van der Waals surface area contributed by atoms with E-state index in [9.17, 15) is 19.8 Å². The molecule has 5 nitrogen and oxygen atoms in total. The summed E-state index contributed by atoms with van der Waals surface area (Å²) >= 11 is 0. The molecule has 5 heteroatoms. The Morgan fingerprint density at radius 3 is 2.33 bits per heavy atom. The number of hydrogen-bond acceptors (Lipinski definition) is 5. The average molecular weight is 577 g/mol. The summed E-state index contributed by atoms with van der Waals surface area (Å²) in [6.07, 6.45) is 8.64. The number of carbonyl (C=O) groups is 2. The van der Waals surface area contributed by atoms with Gasteiger partial charge in [-0.3, -0.25) is 4.79 Å². The third-order valence-electron chi connectivity index (χ3n) is 14.6. The molecule has 0 aliphatic heterocycles. The van der Waals surface area contributed by atoms with Crippen molar-refractivity contribution in [3.05, 3.63) is 42.0 Å². The van der Waals surface area contributed by atoms with Crippen LogP contribution in [0.15, 0.2) is 36.4 Å². The van der Waals surface area contributed by atoms with Gasteiger partial charge in [0.05, 0.1) is 11.7 Å². The number of fused-ring (bicyclic) bond motifs is 7. The van der Waals surface area contributed by atoms with Gasteiger partial charge in [-0.25, -0.2) is 4.79 Å². The van der Waals surface area contributed by atoms with Gasteiger partial charge in [-0.05, 0) is 132 Å². The fourth-order valence-corrected chi connectivity index (χ4v) is 12.2. The van der Waals surface area contributed by atoms with E-state index in [0.29, 0.717) is 35.5 Å². The number of aliphatic hydroxyl groups is 1. The lowest BCUT2D eigenvalue weighted by Gasteiger charge is -2.73. The molecule has 5 aliphatic carbocycles. The Bertz CT molecular complexity index is 1280. The Morgan fingerprint density at radius 1 is 0.952 bits per heavy atom. The number of benzene rings is 1. The lowest BCUT2D eigenvalue weighted by atomic mass is 9.32. The zero-order valence-corrected chi connectivity index (χ0v) is 26.7. The Labute approximate surface area is 252 Å². The van der Waals surface area contributed by atoms with Crippen LogP contribution in [0.3, 0.4) is 0 Å². The molecule has 6 rings (SSSR count). The molecule has 230 valence electrons. The SMILES string of the molecule is C=C(COC(=O)c1ccc(O)cc1)[C@@H]1CC[C@]2(C)CC[C@]3(C)[C@H](C[C@@H](O)[C@@H]4[C@@]5(C)CCC(=O)C(C)(C)[C@@H]5CC[C@]43C)[C@@H]12. The van der Waals surface area contributed by atoms with Crippen LogP contribution >= 0.6 is 0 Å². The number of carbonyl (C=O) groups excluding carboxylic acids is 2. The molecule has 42 heavy (non-hydrogen) atoms. The second-order valence-electron chi connectivity index (χ2n) is 16.6. The van der Waals surface area contributed by atoms with Crippen LogP contribution in [0.1, 0.15) is 110 Å². The zero-order valence-electron chi connectivity index (χ0n) is 26.7. The molecule has 0 radical (unpaired) electrons. The molecule has 1 aromatic carbocycles. The van der Waals surface area contributed by atoms with Gasteiger partial charge in [0.1, 0.15) is 18.1 Å². The number of aromatic hydroxyl groups is 1. The van der Waals surface area contributed by atoms with Crippen molar-refractivity contribution in [3.63, 3.8) is 0 Å². The van der Waals surface area contributed by atoms with Gasteiger partial charge in [-0.15, -0.1) is 0 Å². The molecule has 0 bridgehead atoms. The van der Waals surface area contributed by atoms with E-state index in [2.05, 4.69) is 48.1 Å². The highest BCUT2D eigenvalue weighted by Crippen LogP contribution is 2.77. The number of Topliss-reactive ketones (excluding diaryl/α,β-unsaturated/α-hetero) is 1. The summed E-state index contributed by atoms with van der Waals surface area (Å²) in [6, 6.07) is 6.16. The van der Waals surface area contributed by atoms with Crippen molar-refractivity contribution in [1.29, 1.82) is 0 Å². The quantitative estimate of drug-likeness (QED) is 0.283. The van der Waals surface area contributed by atoms with Crippen LogP contribution in [0.2, 0.25) is 0 Å². The van der Waals surface area contributed by atoms with E-state index in [1.165, 1.54) is 25.0 Å². The second kappa shape index (κ2) is 9.68. The molecular weight excluding hydrogens is 524 g/mol. The second-order valence-corrected chi connectivity index (χ2v) is 16.6. The monoisotopic (exact) mass is 576 g/mol. The number of rotatable bonds is 4. The number of aliphatic hydroxyl groups excluding tert-OH is 1. The van der Waals surface area contributed by atoms with Crippen molar-refractivity contribution >= 4 is 11.8 Å². The van der Waals surface area contributed by atoms with Crippen LogP contribution in [0.5, 0.6) is 5.75 Å². The van der Waals surface area contributed by atoms with E-state index in [1.807, 2.05) is 0 Å². The number of esters is 1. The summed E-state index contributed by atoms with van der Waals surface area (Å²) in [6.45, 7) is 18.9. The highest BCUT2D eigenvalue weighted by Gasteiger charge is 2.72. The summed E-state index contributed by atoms with van der Waals surface area (Å²) in [5.41, 5.74) is 1.33. The first-order chi connectivity index (χ1) is 19.6. The normalized spacial score (nSPS) is 45.6. The Kier molecular flexibility index (Phi) is 6.89. The maximum Gasteiger partial charge on any atom is 0.338 e. The lowest BCUT2D eigenvalue weighted by Crippen LogP contribution is -2.69. The van der Waals surface area contributed by atoms with Gasteiger partial charge in [0.2, 0.25) is 0 Å². The van der Waals surface area contributed by atoms with E-state index in [0.717, 1.165) is 44.1 Å². The van der Waals surface area contributed by atoms with Crippen LogP contribution in [0, 0.1) is 56.7 Å². The summed E-state index contributed by atoms with van der Waals surface area (Å²) in [5.74, 6) is 1.67. The number of phenols is 1. The Morgan fingerprint density at radius 2 is 1.64 bits per heavy atom. The maximum atomic E-state index is 13.1. The summed E-state index contributed by atoms with van der Waals surface area (Å²) in [4.78, 5) is 25.8. The van der Waals surface area contributed by atoms with Crippen LogP contribution in [-0.2, 0) is 9.53 Å². The van der Waals surface area contributed by atoms with Crippen molar-refractivity contribution in [3.8, 4) is 5.75 Å². The third-order valence-corrected chi connectivity index (χ3v) is 14.6. The fourth-order valence-electron chi connectivity index (χ4n) is 12.2. The number of ether oxygens (including phenoxy) is 1. The first kappa shape index (κ1) is 29.9.